The van der Waals surface area contributed by atoms with Crippen molar-refractivity contribution >= 4 is 5.97 Å². The van der Waals surface area contributed by atoms with Crippen LogP contribution in [0.4, 0.5) is 0 Å². The Hall–Kier alpha value is -2.16. The molecular formula is C18H23N3O6. The molecule has 9 nitrogen and oxygen atoms in total. The van der Waals surface area contributed by atoms with Gasteiger partial charge in [0.05, 0.1) is 13.2 Å². The van der Waals surface area contributed by atoms with Crippen LogP contribution in [0, 0.1) is 0 Å². The molecule has 0 bridgehead atoms. The minimum absolute atomic E-state index is 0.158. The van der Waals surface area contributed by atoms with Gasteiger partial charge in [-0.3, -0.25) is 4.79 Å². The fraction of sp³-hybridized carbons (Fsp3) is 0.611. The summed E-state index contributed by atoms with van der Waals surface area (Å²) >= 11 is 0. The Balaban J connectivity index is 1.82. The van der Waals surface area contributed by atoms with E-state index in [9.17, 15) is 4.79 Å². The summed E-state index contributed by atoms with van der Waals surface area (Å²) < 4.78 is 28.6. The second kappa shape index (κ2) is 8.24. The lowest BCUT2D eigenvalue weighted by molar-refractivity contribution is -0.222. The molecule has 1 aromatic rings. The van der Waals surface area contributed by atoms with E-state index in [4.69, 9.17) is 29.2 Å². The van der Waals surface area contributed by atoms with Crippen molar-refractivity contribution in [2.24, 2.45) is 5.11 Å². The van der Waals surface area contributed by atoms with Gasteiger partial charge in [0.25, 0.3) is 0 Å². The van der Waals surface area contributed by atoms with Crippen LogP contribution in [-0.4, -0.2) is 49.0 Å². The van der Waals surface area contributed by atoms with Gasteiger partial charge in [-0.05, 0) is 31.9 Å². The molecule has 0 N–H and O–H groups in total. The Bertz CT molecular complexity index is 706. The number of hydrogen-bond acceptors (Lipinski definition) is 7. The summed E-state index contributed by atoms with van der Waals surface area (Å²) in [6.45, 7) is 5.66. The zero-order chi connectivity index (χ0) is 19.4. The highest BCUT2D eigenvalue weighted by Gasteiger charge is 2.58. The molecule has 9 heteroatoms. The number of ether oxygens (including phenoxy) is 5. The van der Waals surface area contributed by atoms with Crippen LogP contribution < -0.4 is 0 Å². The number of nitrogens with zero attached hydrogens (tertiary/aromatic N) is 3. The van der Waals surface area contributed by atoms with Gasteiger partial charge in [-0.1, -0.05) is 35.4 Å². The third-order valence-electron chi connectivity index (χ3n) is 4.33. The average Bonchev–Trinajstić information content (AvgIpc) is 3.10. The maximum Gasteiger partial charge on any atom is 0.317 e. The number of azide groups is 1. The van der Waals surface area contributed by atoms with Gasteiger partial charge < -0.3 is 23.7 Å². The van der Waals surface area contributed by atoms with Crippen molar-refractivity contribution < 1.29 is 28.5 Å². The first kappa shape index (κ1) is 19.6. The third kappa shape index (κ3) is 4.40. The lowest BCUT2D eigenvalue weighted by atomic mass is 10.0. The Labute approximate surface area is 157 Å². The van der Waals surface area contributed by atoms with Crippen LogP contribution in [0.1, 0.15) is 26.3 Å². The second-order valence-electron chi connectivity index (χ2n) is 6.73. The molecule has 2 heterocycles. The van der Waals surface area contributed by atoms with E-state index in [-0.39, 0.29) is 13.2 Å². The fourth-order valence-corrected chi connectivity index (χ4v) is 3.24. The van der Waals surface area contributed by atoms with Crippen LogP contribution in [0.25, 0.3) is 10.4 Å². The molecule has 5 atom stereocenters. The van der Waals surface area contributed by atoms with E-state index in [2.05, 4.69) is 10.0 Å². The largest absolute Gasteiger partial charge is 0.466 e. The van der Waals surface area contributed by atoms with Gasteiger partial charge in [0.2, 0.25) is 0 Å². The first-order chi connectivity index (χ1) is 12.9. The maximum absolute atomic E-state index is 12.3. The highest BCUT2D eigenvalue weighted by Crippen LogP contribution is 2.40. The van der Waals surface area contributed by atoms with E-state index in [0.717, 1.165) is 5.56 Å². The minimum Gasteiger partial charge on any atom is -0.466 e. The first-order valence-corrected chi connectivity index (χ1v) is 8.82. The summed E-state index contributed by atoms with van der Waals surface area (Å²) in [5.74, 6) is -1.51. The second-order valence-corrected chi connectivity index (χ2v) is 6.73. The molecular weight excluding hydrogens is 354 g/mol. The number of hydrogen-bond donors (Lipinski definition) is 0. The van der Waals surface area contributed by atoms with Gasteiger partial charge in [-0.25, -0.2) is 0 Å². The molecule has 2 fully saturated rings. The number of carbonyl (C=O) groups excluding carboxylic acids is 1. The predicted octanol–water partition coefficient (Wildman–Crippen LogP) is 2.69. The van der Waals surface area contributed by atoms with Crippen LogP contribution >= 0.6 is 0 Å². The lowest BCUT2D eigenvalue weighted by Crippen LogP contribution is -2.45. The topological polar surface area (TPSA) is 112 Å². The zero-order valence-electron chi connectivity index (χ0n) is 15.5. The van der Waals surface area contributed by atoms with Gasteiger partial charge >= 0.3 is 5.97 Å². The fourth-order valence-electron chi connectivity index (χ4n) is 3.24. The number of rotatable bonds is 7. The Kier molecular flexibility index (Phi) is 5.98. The standard InChI is InChI=1S/C18H23N3O6/c1-4-23-16(22)12(20-21-19)13-14(24-10-11-8-6-5-7-9-11)15-17(25-13)27-18(2,3)26-15/h5-9,12-15,17H,4,10H2,1-3H3/t12-,13+,14-,15+,17+/m0/s1. The molecule has 0 radical (unpaired) electrons. The maximum atomic E-state index is 12.3. The summed E-state index contributed by atoms with van der Waals surface area (Å²) in [6, 6.07) is 8.38. The first-order valence-electron chi connectivity index (χ1n) is 8.82. The van der Waals surface area contributed by atoms with Gasteiger partial charge in [0.15, 0.2) is 18.1 Å². The number of fused-ring (bicyclic) bond motifs is 1. The van der Waals surface area contributed by atoms with Crippen molar-refractivity contribution in [3.8, 4) is 0 Å². The van der Waals surface area contributed by atoms with E-state index in [1.807, 2.05) is 30.3 Å². The van der Waals surface area contributed by atoms with Crippen molar-refractivity contribution in [3.63, 3.8) is 0 Å². The van der Waals surface area contributed by atoms with E-state index in [1.54, 1.807) is 20.8 Å². The van der Waals surface area contributed by atoms with Crippen molar-refractivity contribution in [1.82, 2.24) is 0 Å². The van der Waals surface area contributed by atoms with Crippen LogP contribution in [-0.2, 0) is 35.1 Å². The lowest BCUT2D eigenvalue weighted by Gasteiger charge is -2.28. The van der Waals surface area contributed by atoms with Crippen molar-refractivity contribution in [2.75, 3.05) is 6.61 Å². The summed E-state index contributed by atoms with van der Waals surface area (Å²) in [5.41, 5.74) is 9.84. The van der Waals surface area contributed by atoms with Gasteiger partial charge in [0, 0.05) is 4.91 Å². The van der Waals surface area contributed by atoms with E-state index < -0.39 is 42.4 Å². The molecule has 0 saturated carbocycles. The molecule has 146 valence electrons. The van der Waals surface area contributed by atoms with E-state index >= 15 is 0 Å². The van der Waals surface area contributed by atoms with Crippen molar-refractivity contribution in [2.45, 2.75) is 63.8 Å². The Morgan fingerprint density at radius 1 is 1.33 bits per heavy atom. The summed E-state index contributed by atoms with van der Waals surface area (Å²) in [6.07, 6.45) is -2.83. The Morgan fingerprint density at radius 2 is 2.07 bits per heavy atom. The third-order valence-corrected chi connectivity index (χ3v) is 4.33. The van der Waals surface area contributed by atoms with Crippen LogP contribution in [0.15, 0.2) is 35.4 Å². The molecule has 3 rings (SSSR count). The SMILES string of the molecule is CCOC(=O)[C@@H](N=[N+]=[N-])[C@H]1O[C@@H]2OC(C)(C)O[C@@H]2[C@H]1OCc1ccccc1. The highest BCUT2D eigenvalue weighted by atomic mass is 16.8. The molecule has 27 heavy (non-hydrogen) atoms. The van der Waals surface area contributed by atoms with Gasteiger partial charge in [0.1, 0.15) is 18.3 Å². The van der Waals surface area contributed by atoms with Crippen LogP contribution in [0.2, 0.25) is 0 Å². The Morgan fingerprint density at radius 3 is 2.74 bits per heavy atom. The van der Waals surface area contributed by atoms with Crippen molar-refractivity contribution in [1.29, 1.82) is 0 Å². The molecule has 0 aliphatic carbocycles. The van der Waals surface area contributed by atoms with Crippen LogP contribution in [0.5, 0.6) is 0 Å². The minimum atomic E-state index is -1.20. The highest BCUT2D eigenvalue weighted by molar-refractivity contribution is 5.77. The smallest absolute Gasteiger partial charge is 0.317 e. The zero-order valence-corrected chi connectivity index (χ0v) is 15.5. The van der Waals surface area contributed by atoms with Gasteiger partial charge in [-0.2, -0.15) is 0 Å². The molecule has 2 aliphatic rings. The molecule has 0 amide bonds. The number of benzene rings is 1. The molecule has 0 spiro atoms. The van der Waals surface area contributed by atoms with Crippen LogP contribution in [0.3, 0.4) is 0 Å². The average molecular weight is 377 g/mol. The summed E-state index contributed by atoms with van der Waals surface area (Å²) in [4.78, 5) is 15.0. The van der Waals surface area contributed by atoms with Gasteiger partial charge in [-0.15, -0.1) is 0 Å². The van der Waals surface area contributed by atoms with Crippen molar-refractivity contribution in [3.05, 3.63) is 46.3 Å². The molecule has 2 aliphatic heterocycles. The number of carbonyl (C=O) groups is 1. The molecule has 1 aromatic carbocycles. The quantitative estimate of drug-likeness (QED) is 0.312. The van der Waals surface area contributed by atoms with E-state index in [0.29, 0.717) is 0 Å². The normalized spacial score (nSPS) is 29.6. The molecule has 2 saturated heterocycles. The number of esters is 1. The molecule has 0 unspecified atom stereocenters. The molecule has 0 aromatic heterocycles. The summed E-state index contributed by atoms with van der Waals surface area (Å²) in [5, 5.41) is 3.58. The predicted molar refractivity (Wildman–Crippen MR) is 93.3 cm³/mol. The monoisotopic (exact) mass is 377 g/mol. The van der Waals surface area contributed by atoms with E-state index in [1.165, 1.54) is 0 Å². The summed E-state index contributed by atoms with van der Waals surface area (Å²) in [7, 11) is 0.